The fourth-order valence-electron chi connectivity index (χ4n) is 3.47. The van der Waals surface area contributed by atoms with E-state index in [1.54, 1.807) is 0 Å². The SMILES string of the molecule is CC1CCCN(C(=O)CCC2CCCCC2)CC1. The van der Waals surface area contributed by atoms with Crippen molar-refractivity contribution in [3.63, 3.8) is 0 Å². The Labute approximate surface area is 112 Å². The molecule has 1 aliphatic carbocycles. The number of likely N-dealkylation sites (tertiary alicyclic amines) is 1. The fraction of sp³-hybridized carbons (Fsp3) is 0.938. The van der Waals surface area contributed by atoms with Gasteiger partial charge in [-0.15, -0.1) is 0 Å². The van der Waals surface area contributed by atoms with Gasteiger partial charge in [-0.3, -0.25) is 4.79 Å². The second kappa shape index (κ2) is 7.16. The summed E-state index contributed by atoms with van der Waals surface area (Å²) in [5.74, 6) is 2.07. The van der Waals surface area contributed by atoms with Gasteiger partial charge < -0.3 is 4.90 Å². The van der Waals surface area contributed by atoms with Gasteiger partial charge in [-0.1, -0.05) is 39.0 Å². The molecule has 1 heterocycles. The first kappa shape index (κ1) is 13.9. The maximum atomic E-state index is 12.2. The molecule has 0 radical (unpaired) electrons. The normalized spacial score (nSPS) is 26.9. The zero-order valence-corrected chi connectivity index (χ0v) is 12.0. The number of carbonyl (C=O) groups is 1. The Balaban J connectivity index is 1.69. The molecule has 1 atom stereocenters. The zero-order valence-electron chi connectivity index (χ0n) is 12.0. The number of rotatable bonds is 3. The third-order valence-electron chi connectivity index (χ3n) is 4.86. The molecule has 2 heteroatoms. The van der Waals surface area contributed by atoms with Crippen molar-refractivity contribution < 1.29 is 4.79 Å². The Kier molecular flexibility index (Phi) is 5.52. The van der Waals surface area contributed by atoms with Gasteiger partial charge >= 0.3 is 0 Å². The van der Waals surface area contributed by atoms with Crippen LogP contribution in [0.3, 0.4) is 0 Å². The van der Waals surface area contributed by atoms with Crippen molar-refractivity contribution in [2.45, 2.75) is 71.1 Å². The van der Waals surface area contributed by atoms with E-state index in [2.05, 4.69) is 11.8 Å². The second-order valence-corrected chi connectivity index (χ2v) is 6.46. The molecule has 2 nitrogen and oxygen atoms in total. The lowest BCUT2D eigenvalue weighted by molar-refractivity contribution is -0.131. The lowest BCUT2D eigenvalue weighted by Crippen LogP contribution is -2.32. The number of hydrogen-bond donors (Lipinski definition) is 0. The van der Waals surface area contributed by atoms with E-state index in [0.717, 1.165) is 37.8 Å². The van der Waals surface area contributed by atoms with E-state index in [1.165, 1.54) is 51.4 Å². The van der Waals surface area contributed by atoms with Crippen LogP contribution in [0.4, 0.5) is 0 Å². The van der Waals surface area contributed by atoms with Gasteiger partial charge in [0.15, 0.2) is 0 Å². The van der Waals surface area contributed by atoms with Crippen molar-refractivity contribution in [3.8, 4) is 0 Å². The summed E-state index contributed by atoms with van der Waals surface area (Å²) in [6.45, 7) is 4.33. The van der Waals surface area contributed by atoms with Crippen LogP contribution in [0, 0.1) is 11.8 Å². The van der Waals surface area contributed by atoms with Gasteiger partial charge in [0.2, 0.25) is 5.91 Å². The number of amides is 1. The van der Waals surface area contributed by atoms with E-state index in [1.807, 2.05) is 0 Å². The van der Waals surface area contributed by atoms with Crippen LogP contribution in [0.1, 0.15) is 71.1 Å². The minimum absolute atomic E-state index is 0.426. The predicted octanol–water partition coefficient (Wildman–Crippen LogP) is 4.00. The highest BCUT2D eigenvalue weighted by Gasteiger charge is 2.20. The van der Waals surface area contributed by atoms with Crippen molar-refractivity contribution in [2.24, 2.45) is 11.8 Å². The summed E-state index contributed by atoms with van der Waals surface area (Å²) in [6.07, 6.45) is 12.6. The van der Waals surface area contributed by atoms with E-state index in [-0.39, 0.29) is 0 Å². The van der Waals surface area contributed by atoms with E-state index < -0.39 is 0 Å². The van der Waals surface area contributed by atoms with Gasteiger partial charge in [0.1, 0.15) is 0 Å². The van der Waals surface area contributed by atoms with Crippen molar-refractivity contribution in [1.29, 1.82) is 0 Å². The first-order valence-electron chi connectivity index (χ1n) is 8.03. The molecule has 1 saturated heterocycles. The molecule has 1 aliphatic heterocycles. The Morgan fingerprint density at radius 3 is 2.56 bits per heavy atom. The summed E-state index contributed by atoms with van der Waals surface area (Å²) >= 11 is 0. The first-order chi connectivity index (χ1) is 8.75. The lowest BCUT2D eigenvalue weighted by Gasteiger charge is -2.24. The molecule has 2 aliphatic rings. The largest absolute Gasteiger partial charge is 0.343 e. The highest BCUT2D eigenvalue weighted by Crippen LogP contribution is 2.27. The Hall–Kier alpha value is -0.530. The summed E-state index contributed by atoms with van der Waals surface area (Å²) < 4.78 is 0. The van der Waals surface area contributed by atoms with E-state index in [9.17, 15) is 4.79 Å². The number of hydrogen-bond acceptors (Lipinski definition) is 1. The summed E-state index contributed by atoms with van der Waals surface area (Å²) in [4.78, 5) is 14.4. The molecule has 0 spiro atoms. The van der Waals surface area contributed by atoms with Crippen LogP contribution in [0.5, 0.6) is 0 Å². The molecule has 2 rings (SSSR count). The Morgan fingerprint density at radius 2 is 1.78 bits per heavy atom. The molecule has 18 heavy (non-hydrogen) atoms. The first-order valence-corrected chi connectivity index (χ1v) is 8.03. The van der Waals surface area contributed by atoms with Crippen LogP contribution in [0.25, 0.3) is 0 Å². The second-order valence-electron chi connectivity index (χ2n) is 6.46. The monoisotopic (exact) mass is 251 g/mol. The Bertz CT molecular complexity index is 258. The van der Waals surface area contributed by atoms with Gasteiger partial charge in [-0.2, -0.15) is 0 Å². The molecule has 0 aromatic heterocycles. The van der Waals surface area contributed by atoms with Crippen molar-refractivity contribution in [3.05, 3.63) is 0 Å². The number of carbonyl (C=O) groups excluding carboxylic acids is 1. The van der Waals surface area contributed by atoms with Crippen molar-refractivity contribution >= 4 is 5.91 Å². The molecule has 0 N–H and O–H groups in total. The summed E-state index contributed by atoms with van der Waals surface area (Å²) in [7, 11) is 0. The Morgan fingerprint density at radius 1 is 1.00 bits per heavy atom. The summed E-state index contributed by atoms with van der Waals surface area (Å²) in [5.41, 5.74) is 0. The molecule has 1 unspecified atom stereocenters. The average Bonchev–Trinajstić information content (AvgIpc) is 2.62. The third-order valence-corrected chi connectivity index (χ3v) is 4.86. The molecule has 104 valence electrons. The zero-order chi connectivity index (χ0) is 12.8. The smallest absolute Gasteiger partial charge is 0.222 e. The van der Waals surface area contributed by atoms with Crippen molar-refractivity contribution in [2.75, 3.05) is 13.1 Å². The van der Waals surface area contributed by atoms with Gasteiger partial charge in [-0.25, -0.2) is 0 Å². The highest BCUT2D eigenvalue weighted by atomic mass is 16.2. The summed E-state index contributed by atoms with van der Waals surface area (Å²) in [5, 5.41) is 0. The minimum Gasteiger partial charge on any atom is -0.343 e. The maximum absolute atomic E-state index is 12.2. The van der Waals surface area contributed by atoms with Crippen LogP contribution in [-0.4, -0.2) is 23.9 Å². The van der Waals surface area contributed by atoms with Gasteiger partial charge in [-0.05, 0) is 37.5 Å². The van der Waals surface area contributed by atoms with Gasteiger partial charge in [0, 0.05) is 19.5 Å². The molecule has 1 saturated carbocycles. The molecular formula is C16H29NO. The lowest BCUT2D eigenvalue weighted by atomic mass is 9.86. The van der Waals surface area contributed by atoms with Crippen LogP contribution in [0.15, 0.2) is 0 Å². The average molecular weight is 251 g/mol. The fourth-order valence-corrected chi connectivity index (χ4v) is 3.47. The molecule has 0 aromatic rings. The minimum atomic E-state index is 0.426. The van der Waals surface area contributed by atoms with Gasteiger partial charge in [0.05, 0.1) is 0 Å². The molecule has 2 fully saturated rings. The third kappa shape index (κ3) is 4.29. The number of nitrogens with zero attached hydrogens (tertiary/aromatic N) is 1. The van der Waals surface area contributed by atoms with Crippen LogP contribution in [0.2, 0.25) is 0 Å². The molecule has 0 aromatic carbocycles. The standard InChI is InChI=1S/C16H29NO/c1-14-6-5-12-17(13-11-14)16(18)10-9-15-7-3-2-4-8-15/h14-15H,2-13H2,1H3. The van der Waals surface area contributed by atoms with Crippen LogP contribution in [-0.2, 0) is 4.79 Å². The topological polar surface area (TPSA) is 20.3 Å². The van der Waals surface area contributed by atoms with Crippen LogP contribution < -0.4 is 0 Å². The van der Waals surface area contributed by atoms with E-state index in [4.69, 9.17) is 0 Å². The van der Waals surface area contributed by atoms with Gasteiger partial charge in [0.25, 0.3) is 0 Å². The van der Waals surface area contributed by atoms with E-state index >= 15 is 0 Å². The highest BCUT2D eigenvalue weighted by molar-refractivity contribution is 5.76. The van der Waals surface area contributed by atoms with E-state index in [0.29, 0.717) is 5.91 Å². The molecule has 0 bridgehead atoms. The quantitative estimate of drug-likeness (QED) is 0.742. The summed E-state index contributed by atoms with van der Waals surface area (Å²) in [6, 6.07) is 0. The molecular weight excluding hydrogens is 222 g/mol. The van der Waals surface area contributed by atoms with Crippen LogP contribution >= 0.6 is 0 Å². The molecule has 1 amide bonds. The maximum Gasteiger partial charge on any atom is 0.222 e. The predicted molar refractivity (Wildman–Crippen MR) is 75.4 cm³/mol. The van der Waals surface area contributed by atoms with Crippen molar-refractivity contribution in [1.82, 2.24) is 4.90 Å².